The van der Waals surface area contributed by atoms with Gasteiger partial charge in [-0.05, 0) is 43.2 Å². The number of nitrogens with zero attached hydrogens (tertiary/aromatic N) is 3. The normalized spacial score (nSPS) is 22.7. The monoisotopic (exact) mass is 398 g/mol. The molecule has 1 atom stereocenters. The Morgan fingerprint density at radius 3 is 2.38 bits per heavy atom. The molecule has 0 spiro atoms. The first-order valence-electron chi connectivity index (χ1n) is 11.4. The molecule has 0 bridgehead atoms. The molecule has 2 saturated carbocycles. The molecule has 1 N–H and O–H groups in total. The maximum Gasteiger partial charge on any atom is 0.237 e. The molecule has 1 saturated heterocycles. The van der Waals surface area contributed by atoms with Gasteiger partial charge >= 0.3 is 0 Å². The van der Waals surface area contributed by atoms with Crippen molar-refractivity contribution >= 4 is 11.8 Å². The molecular weight excluding hydrogens is 364 g/mol. The number of hydrogen-bond acceptors (Lipinski definition) is 4. The second-order valence-corrected chi connectivity index (χ2v) is 8.91. The van der Waals surface area contributed by atoms with Gasteiger partial charge in [-0.15, -0.1) is 0 Å². The van der Waals surface area contributed by atoms with Crippen LogP contribution in [0.2, 0.25) is 0 Å². The Kier molecular flexibility index (Phi) is 6.80. The van der Waals surface area contributed by atoms with Crippen LogP contribution in [0.15, 0.2) is 24.5 Å². The van der Waals surface area contributed by atoms with Crippen molar-refractivity contribution in [2.24, 2.45) is 11.8 Å². The van der Waals surface area contributed by atoms with Crippen molar-refractivity contribution in [2.75, 3.05) is 26.2 Å². The summed E-state index contributed by atoms with van der Waals surface area (Å²) in [6, 6.07) is 3.82. The van der Waals surface area contributed by atoms with Crippen molar-refractivity contribution in [1.29, 1.82) is 0 Å². The van der Waals surface area contributed by atoms with E-state index >= 15 is 0 Å². The predicted molar refractivity (Wildman–Crippen MR) is 112 cm³/mol. The molecule has 3 aliphatic rings. The molecule has 4 rings (SSSR count). The number of carbonyl (C=O) groups is 2. The highest BCUT2D eigenvalue weighted by molar-refractivity contribution is 5.82. The molecule has 0 aromatic carbocycles. The highest BCUT2D eigenvalue weighted by Gasteiger charge is 2.38. The van der Waals surface area contributed by atoms with Crippen LogP contribution in [0.3, 0.4) is 0 Å². The van der Waals surface area contributed by atoms with Gasteiger partial charge in [0.25, 0.3) is 0 Å². The first-order valence-corrected chi connectivity index (χ1v) is 11.4. The van der Waals surface area contributed by atoms with Gasteiger partial charge in [-0.2, -0.15) is 0 Å². The Morgan fingerprint density at radius 2 is 1.72 bits per heavy atom. The molecule has 1 aromatic rings. The number of pyridine rings is 1. The van der Waals surface area contributed by atoms with Gasteiger partial charge in [0.05, 0.1) is 6.04 Å². The minimum Gasteiger partial charge on any atom is -0.351 e. The van der Waals surface area contributed by atoms with Crippen molar-refractivity contribution in [3.63, 3.8) is 0 Å². The van der Waals surface area contributed by atoms with Gasteiger partial charge in [0.15, 0.2) is 0 Å². The van der Waals surface area contributed by atoms with Gasteiger partial charge in [0.2, 0.25) is 11.8 Å². The van der Waals surface area contributed by atoms with Crippen LogP contribution < -0.4 is 5.32 Å². The number of amides is 2. The number of carbonyl (C=O) groups excluding carboxylic acids is 2. The number of piperazine rings is 1. The third kappa shape index (κ3) is 4.97. The third-order valence-corrected chi connectivity index (χ3v) is 7.03. The number of rotatable bonds is 6. The van der Waals surface area contributed by atoms with Gasteiger partial charge in [0.1, 0.15) is 0 Å². The predicted octanol–water partition coefficient (Wildman–Crippen LogP) is 2.59. The van der Waals surface area contributed by atoms with E-state index in [1.54, 1.807) is 12.4 Å². The van der Waals surface area contributed by atoms with Crippen LogP contribution in [0.5, 0.6) is 0 Å². The largest absolute Gasteiger partial charge is 0.351 e. The van der Waals surface area contributed by atoms with Crippen LogP contribution in [0.4, 0.5) is 0 Å². The van der Waals surface area contributed by atoms with E-state index < -0.39 is 0 Å². The maximum absolute atomic E-state index is 13.2. The molecule has 6 nitrogen and oxygen atoms in total. The van der Waals surface area contributed by atoms with Gasteiger partial charge in [-0.25, -0.2) is 0 Å². The molecule has 1 aliphatic heterocycles. The molecule has 3 fully saturated rings. The number of hydrogen-bond donors (Lipinski definition) is 1. The van der Waals surface area contributed by atoms with Gasteiger partial charge in [-0.1, -0.05) is 31.7 Å². The fourth-order valence-corrected chi connectivity index (χ4v) is 5.40. The fourth-order valence-electron chi connectivity index (χ4n) is 5.40. The summed E-state index contributed by atoms with van der Waals surface area (Å²) < 4.78 is 0. The highest BCUT2D eigenvalue weighted by Crippen LogP contribution is 2.32. The van der Waals surface area contributed by atoms with E-state index in [2.05, 4.69) is 15.2 Å². The summed E-state index contributed by atoms with van der Waals surface area (Å²) in [6.45, 7) is 3.65. The first-order chi connectivity index (χ1) is 14.2. The smallest absolute Gasteiger partial charge is 0.237 e. The van der Waals surface area contributed by atoms with Crippen molar-refractivity contribution < 1.29 is 9.59 Å². The molecule has 2 amide bonds. The standard InChI is InChI=1S/C23H34N4O2/c28-22(25-17-18-6-5-11-24-16-18)21(19-7-1-2-8-19)26-12-14-27(15-13-26)23(29)20-9-3-4-10-20/h5-6,11,16,19-21H,1-4,7-10,12-15,17H2,(H,25,28)/t21-/m1/s1. The van der Waals surface area contributed by atoms with Gasteiger partial charge in [0, 0.05) is 51.0 Å². The highest BCUT2D eigenvalue weighted by atomic mass is 16.2. The average molecular weight is 399 g/mol. The minimum absolute atomic E-state index is 0.0714. The fraction of sp³-hybridized carbons (Fsp3) is 0.696. The second-order valence-electron chi connectivity index (χ2n) is 8.91. The van der Waals surface area contributed by atoms with E-state index in [0.717, 1.165) is 57.4 Å². The lowest BCUT2D eigenvalue weighted by molar-refractivity contribution is -0.138. The van der Waals surface area contributed by atoms with Gasteiger partial charge in [-0.3, -0.25) is 19.5 Å². The topological polar surface area (TPSA) is 65.5 Å². The van der Waals surface area contributed by atoms with Gasteiger partial charge < -0.3 is 10.2 Å². The first kappa shape index (κ1) is 20.3. The zero-order valence-electron chi connectivity index (χ0n) is 17.4. The van der Waals surface area contributed by atoms with E-state index in [1.165, 1.54) is 25.7 Å². The van der Waals surface area contributed by atoms with Crippen LogP contribution in [-0.4, -0.2) is 58.8 Å². The summed E-state index contributed by atoms with van der Waals surface area (Å²) >= 11 is 0. The summed E-state index contributed by atoms with van der Waals surface area (Å²) in [5.74, 6) is 1.16. The molecule has 158 valence electrons. The summed E-state index contributed by atoms with van der Waals surface area (Å²) in [5, 5.41) is 3.15. The Hall–Kier alpha value is -1.95. The van der Waals surface area contributed by atoms with E-state index in [0.29, 0.717) is 18.4 Å². The van der Waals surface area contributed by atoms with E-state index in [1.807, 2.05) is 17.0 Å². The minimum atomic E-state index is -0.0714. The Labute approximate surface area is 174 Å². The molecule has 6 heteroatoms. The average Bonchev–Trinajstić information content (AvgIpc) is 3.48. The second kappa shape index (κ2) is 9.70. The van der Waals surface area contributed by atoms with Crippen LogP contribution in [-0.2, 0) is 16.1 Å². The van der Waals surface area contributed by atoms with Crippen LogP contribution in [0, 0.1) is 11.8 Å². The maximum atomic E-state index is 13.2. The summed E-state index contributed by atoms with van der Waals surface area (Å²) in [5.41, 5.74) is 1.03. The van der Waals surface area contributed by atoms with Crippen LogP contribution in [0.25, 0.3) is 0 Å². The molecule has 2 aliphatic carbocycles. The molecule has 0 radical (unpaired) electrons. The number of aromatic nitrogens is 1. The van der Waals surface area contributed by atoms with Crippen LogP contribution >= 0.6 is 0 Å². The molecular formula is C23H34N4O2. The lowest BCUT2D eigenvalue weighted by atomic mass is 9.94. The summed E-state index contributed by atoms with van der Waals surface area (Å²) in [4.78, 5) is 34.4. The van der Waals surface area contributed by atoms with Crippen molar-refractivity contribution in [3.05, 3.63) is 30.1 Å². The van der Waals surface area contributed by atoms with Crippen LogP contribution in [0.1, 0.15) is 56.9 Å². The zero-order chi connectivity index (χ0) is 20.1. The molecule has 0 unspecified atom stereocenters. The summed E-state index contributed by atoms with van der Waals surface area (Å²) in [7, 11) is 0. The van der Waals surface area contributed by atoms with E-state index in [-0.39, 0.29) is 17.9 Å². The van der Waals surface area contributed by atoms with Crippen molar-refractivity contribution in [1.82, 2.24) is 20.1 Å². The number of nitrogens with one attached hydrogen (secondary N) is 1. The zero-order valence-corrected chi connectivity index (χ0v) is 17.4. The van der Waals surface area contributed by atoms with Crippen molar-refractivity contribution in [3.8, 4) is 0 Å². The quantitative estimate of drug-likeness (QED) is 0.800. The van der Waals surface area contributed by atoms with E-state index in [4.69, 9.17) is 0 Å². The van der Waals surface area contributed by atoms with E-state index in [9.17, 15) is 9.59 Å². The SMILES string of the molecule is O=C(NCc1cccnc1)[C@@H](C1CCCC1)N1CCN(C(=O)C2CCCC2)CC1. The lowest BCUT2D eigenvalue weighted by Gasteiger charge is -2.41. The molecule has 1 aromatic heterocycles. The Bertz CT molecular complexity index is 675. The van der Waals surface area contributed by atoms with Crippen molar-refractivity contribution in [2.45, 2.75) is 64.0 Å². The summed E-state index contributed by atoms with van der Waals surface area (Å²) in [6.07, 6.45) is 12.7. The molecule has 29 heavy (non-hydrogen) atoms. The molecule has 2 heterocycles. The Morgan fingerprint density at radius 1 is 1.03 bits per heavy atom. The third-order valence-electron chi connectivity index (χ3n) is 7.03. The Balaban J connectivity index is 1.35. The lowest BCUT2D eigenvalue weighted by Crippen LogP contribution is -2.58.